The van der Waals surface area contributed by atoms with Crippen molar-refractivity contribution < 1.29 is 9.47 Å². The van der Waals surface area contributed by atoms with E-state index in [9.17, 15) is 0 Å². The molecule has 24 heavy (non-hydrogen) atoms. The van der Waals surface area contributed by atoms with Crippen molar-refractivity contribution >= 4 is 5.69 Å². The molecule has 3 nitrogen and oxygen atoms in total. The van der Waals surface area contributed by atoms with Crippen molar-refractivity contribution in [1.29, 1.82) is 0 Å². The van der Waals surface area contributed by atoms with E-state index in [1.165, 1.54) is 0 Å². The molecule has 0 spiro atoms. The van der Waals surface area contributed by atoms with Crippen molar-refractivity contribution in [2.45, 2.75) is 13.2 Å². The maximum absolute atomic E-state index is 5.80. The first kappa shape index (κ1) is 15.9. The molecule has 0 heterocycles. The van der Waals surface area contributed by atoms with E-state index in [0.717, 1.165) is 28.3 Å². The van der Waals surface area contributed by atoms with Gasteiger partial charge in [0.15, 0.2) is 0 Å². The van der Waals surface area contributed by atoms with Crippen molar-refractivity contribution in [2.75, 3.05) is 12.4 Å². The average Bonchev–Trinajstić information content (AvgIpc) is 2.66. The van der Waals surface area contributed by atoms with Crippen molar-refractivity contribution in [3.8, 4) is 11.5 Å². The van der Waals surface area contributed by atoms with Crippen LogP contribution in [0.15, 0.2) is 78.9 Å². The maximum Gasteiger partial charge on any atom is 0.123 e. The zero-order chi connectivity index (χ0) is 16.6. The fourth-order valence-electron chi connectivity index (χ4n) is 2.46. The van der Waals surface area contributed by atoms with Gasteiger partial charge in [0.25, 0.3) is 0 Å². The molecular weight excluding hydrogens is 298 g/mol. The second-order valence-electron chi connectivity index (χ2n) is 5.46. The first-order valence-corrected chi connectivity index (χ1v) is 7.98. The van der Waals surface area contributed by atoms with Crippen LogP contribution in [0.3, 0.4) is 0 Å². The van der Waals surface area contributed by atoms with Crippen LogP contribution in [0.5, 0.6) is 11.5 Å². The van der Waals surface area contributed by atoms with Gasteiger partial charge in [0.1, 0.15) is 18.1 Å². The predicted octanol–water partition coefficient (Wildman–Crippen LogP) is 4.89. The first-order chi connectivity index (χ1) is 11.8. The normalized spacial score (nSPS) is 10.2. The number of hydrogen-bond donors (Lipinski definition) is 1. The van der Waals surface area contributed by atoms with E-state index in [4.69, 9.17) is 9.47 Å². The number of hydrogen-bond acceptors (Lipinski definition) is 3. The molecule has 0 saturated heterocycles. The molecule has 0 aliphatic carbocycles. The van der Waals surface area contributed by atoms with Gasteiger partial charge in [-0.25, -0.2) is 0 Å². The zero-order valence-corrected chi connectivity index (χ0v) is 13.7. The van der Waals surface area contributed by atoms with Crippen molar-refractivity contribution in [2.24, 2.45) is 0 Å². The third-order valence-electron chi connectivity index (χ3n) is 3.78. The first-order valence-electron chi connectivity index (χ1n) is 7.98. The molecule has 0 radical (unpaired) electrons. The Morgan fingerprint density at radius 1 is 0.792 bits per heavy atom. The van der Waals surface area contributed by atoms with Crippen LogP contribution in [0.1, 0.15) is 11.1 Å². The van der Waals surface area contributed by atoms with Crippen LogP contribution >= 0.6 is 0 Å². The molecule has 0 aromatic heterocycles. The lowest BCUT2D eigenvalue weighted by Gasteiger charge is -2.11. The summed E-state index contributed by atoms with van der Waals surface area (Å²) in [6.45, 7) is 1.29. The van der Waals surface area contributed by atoms with Crippen LogP contribution in [-0.2, 0) is 13.2 Å². The molecule has 0 fully saturated rings. The summed E-state index contributed by atoms with van der Waals surface area (Å²) in [6, 6.07) is 26.2. The van der Waals surface area contributed by atoms with Gasteiger partial charge in [-0.05, 0) is 35.9 Å². The summed E-state index contributed by atoms with van der Waals surface area (Å²) in [5.74, 6) is 1.76. The Hall–Kier alpha value is -2.94. The Bertz CT molecular complexity index is 754. The van der Waals surface area contributed by atoms with Crippen LogP contribution < -0.4 is 14.8 Å². The Balaban J connectivity index is 1.54. The highest BCUT2D eigenvalue weighted by Gasteiger charge is 2.02. The number of nitrogens with one attached hydrogen (secondary N) is 1. The lowest BCUT2D eigenvalue weighted by Crippen LogP contribution is -2.01. The molecule has 0 aliphatic rings. The molecule has 3 aromatic rings. The van der Waals surface area contributed by atoms with Crippen molar-refractivity contribution in [3.63, 3.8) is 0 Å². The Morgan fingerprint density at radius 3 is 2.25 bits per heavy atom. The third kappa shape index (κ3) is 4.29. The van der Waals surface area contributed by atoms with E-state index in [2.05, 4.69) is 23.5 Å². The quantitative estimate of drug-likeness (QED) is 0.673. The number of anilines is 1. The van der Waals surface area contributed by atoms with Gasteiger partial charge < -0.3 is 14.8 Å². The zero-order valence-electron chi connectivity index (χ0n) is 13.7. The van der Waals surface area contributed by atoms with Gasteiger partial charge in [0.05, 0.1) is 7.11 Å². The lowest BCUT2D eigenvalue weighted by atomic mass is 10.2. The van der Waals surface area contributed by atoms with Crippen LogP contribution in [0.25, 0.3) is 0 Å². The van der Waals surface area contributed by atoms with Crippen LogP contribution in [0.2, 0.25) is 0 Å². The summed E-state index contributed by atoms with van der Waals surface area (Å²) < 4.78 is 11.2. The molecule has 3 aromatic carbocycles. The number of rotatable bonds is 7. The topological polar surface area (TPSA) is 30.5 Å². The molecule has 0 atom stereocenters. The van der Waals surface area contributed by atoms with Crippen molar-refractivity contribution in [3.05, 3.63) is 90.0 Å². The largest absolute Gasteiger partial charge is 0.496 e. The molecule has 122 valence electrons. The molecular formula is C21H21NO2. The summed E-state index contributed by atoms with van der Waals surface area (Å²) in [6.07, 6.45) is 0. The van der Waals surface area contributed by atoms with Gasteiger partial charge >= 0.3 is 0 Å². The molecule has 0 bridgehead atoms. The van der Waals surface area contributed by atoms with E-state index >= 15 is 0 Å². The average molecular weight is 319 g/mol. The molecule has 3 rings (SSSR count). The molecule has 0 aliphatic heterocycles. The van der Waals surface area contributed by atoms with Gasteiger partial charge in [-0.2, -0.15) is 0 Å². The molecule has 3 heteroatoms. The van der Waals surface area contributed by atoms with E-state index in [0.29, 0.717) is 13.2 Å². The van der Waals surface area contributed by atoms with Crippen LogP contribution in [-0.4, -0.2) is 7.11 Å². The molecule has 0 saturated carbocycles. The van der Waals surface area contributed by atoms with Gasteiger partial charge in [-0.15, -0.1) is 0 Å². The Kier molecular flexibility index (Phi) is 5.36. The fraction of sp³-hybridized carbons (Fsp3) is 0.143. The van der Waals surface area contributed by atoms with E-state index in [1.54, 1.807) is 7.11 Å². The second kappa shape index (κ2) is 8.06. The van der Waals surface area contributed by atoms with Gasteiger partial charge in [0, 0.05) is 17.8 Å². The van der Waals surface area contributed by atoms with Gasteiger partial charge in [-0.3, -0.25) is 0 Å². The monoisotopic (exact) mass is 319 g/mol. The minimum absolute atomic E-state index is 0.578. The number of benzene rings is 3. The highest BCUT2D eigenvalue weighted by Crippen LogP contribution is 2.21. The SMILES string of the molecule is COc1ccccc1CNc1ccc(OCc2ccccc2)cc1. The molecule has 0 amide bonds. The minimum Gasteiger partial charge on any atom is -0.496 e. The van der Waals surface area contributed by atoms with E-state index in [1.807, 2.05) is 60.7 Å². The van der Waals surface area contributed by atoms with Crippen molar-refractivity contribution in [1.82, 2.24) is 0 Å². The molecule has 1 N–H and O–H groups in total. The van der Waals surface area contributed by atoms with E-state index in [-0.39, 0.29) is 0 Å². The fourth-order valence-corrected chi connectivity index (χ4v) is 2.46. The summed E-state index contributed by atoms with van der Waals surface area (Å²) >= 11 is 0. The lowest BCUT2D eigenvalue weighted by molar-refractivity contribution is 0.306. The number of methoxy groups -OCH3 is 1. The van der Waals surface area contributed by atoms with Gasteiger partial charge in [0.2, 0.25) is 0 Å². The predicted molar refractivity (Wildman–Crippen MR) is 97.5 cm³/mol. The smallest absolute Gasteiger partial charge is 0.123 e. The number of ether oxygens (including phenoxy) is 2. The van der Waals surface area contributed by atoms with Crippen LogP contribution in [0.4, 0.5) is 5.69 Å². The highest BCUT2D eigenvalue weighted by atomic mass is 16.5. The summed E-state index contributed by atoms with van der Waals surface area (Å²) in [4.78, 5) is 0. The Labute approximate surface area is 142 Å². The maximum atomic E-state index is 5.80. The standard InChI is InChI=1S/C21H21NO2/c1-23-21-10-6-5-9-18(21)15-22-19-11-13-20(14-12-19)24-16-17-7-3-2-4-8-17/h2-14,22H,15-16H2,1H3. The number of para-hydroxylation sites is 1. The minimum atomic E-state index is 0.578. The summed E-state index contributed by atoms with van der Waals surface area (Å²) in [7, 11) is 1.69. The highest BCUT2D eigenvalue weighted by molar-refractivity contribution is 5.48. The Morgan fingerprint density at radius 2 is 1.50 bits per heavy atom. The van der Waals surface area contributed by atoms with Gasteiger partial charge in [-0.1, -0.05) is 48.5 Å². The summed E-state index contributed by atoms with van der Waals surface area (Å²) in [5, 5.41) is 3.40. The summed E-state index contributed by atoms with van der Waals surface area (Å²) in [5.41, 5.74) is 3.34. The molecule has 0 unspecified atom stereocenters. The second-order valence-corrected chi connectivity index (χ2v) is 5.46. The van der Waals surface area contributed by atoms with Crippen LogP contribution in [0, 0.1) is 0 Å². The van der Waals surface area contributed by atoms with E-state index < -0.39 is 0 Å². The third-order valence-corrected chi connectivity index (χ3v) is 3.78.